The molecule has 0 unspecified atom stereocenters. The molecule has 0 amide bonds. The highest BCUT2D eigenvalue weighted by molar-refractivity contribution is 14.1. The minimum Gasteiger partial charge on any atom is -0.460 e. The maximum Gasteiger partial charge on any atom is 0.379 e. The van der Waals surface area contributed by atoms with Gasteiger partial charge < -0.3 is 12.3 Å². The van der Waals surface area contributed by atoms with Gasteiger partial charge in [-0.2, -0.15) is 4.98 Å². The summed E-state index contributed by atoms with van der Waals surface area (Å²) in [6, 6.07) is 0. The number of ether oxygens (including phenoxy) is 1. The SMILES string of the molecule is CCOC(=O)c1noc(COI)n1. The molecule has 6 nitrogen and oxygen atoms in total. The van der Waals surface area contributed by atoms with Crippen molar-refractivity contribution in [3.8, 4) is 0 Å². The van der Waals surface area contributed by atoms with E-state index in [2.05, 4.69) is 19.4 Å². The Bertz CT molecular complexity index is 288. The molecular formula is C6H7IN2O4. The van der Waals surface area contributed by atoms with Gasteiger partial charge in [-0.05, 0) is 12.1 Å². The van der Waals surface area contributed by atoms with Crippen molar-refractivity contribution >= 4 is 29.0 Å². The molecule has 0 spiro atoms. The van der Waals surface area contributed by atoms with Gasteiger partial charge in [-0.1, -0.05) is 0 Å². The third kappa shape index (κ3) is 2.92. The normalized spacial score (nSPS) is 10.0. The molecule has 72 valence electrons. The van der Waals surface area contributed by atoms with E-state index in [0.29, 0.717) is 0 Å². The molecular weight excluding hydrogens is 291 g/mol. The lowest BCUT2D eigenvalue weighted by Gasteiger charge is -1.93. The van der Waals surface area contributed by atoms with E-state index in [9.17, 15) is 4.79 Å². The Kier molecular flexibility index (Phi) is 4.09. The fourth-order valence-electron chi connectivity index (χ4n) is 0.639. The van der Waals surface area contributed by atoms with Crippen molar-refractivity contribution in [2.24, 2.45) is 0 Å². The van der Waals surface area contributed by atoms with Crippen molar-refractivity contribution in [1.82, 2.24) is 10.1 Å². The molecule has 0 radical (unpaired) electrons. The average molecular weight is 298 g/mol. The van der Waals surface area contributed by atoms with Crippen LogP contribution in [0.3, 0.4) is 0 Å². The molecule has 1 aromatic rings. The van der Waals surface area contributed by atoms with E-state index in [0.717, 1.165) is 0 Å². The Hall–Kier alpha value is -0.700. The summed E-state index contributed by atoms with van der Waals surface area (Å²) in [6.45, 7) is 2.16. The topological polar surface area (TPSA) is 74.5 Å². The van der Waals surface area contributed by atoms with Gasteiger partial charge in [0.25, 0.3) is 11.7 Å². The molecule has 13 heavy (non-hydrogen) atoms. The monoisotopic (exact) mass is 298 g/mol. The summed E-state index contributed by atoms with van der Waals surface area (Å²) in [5.74, 6) is -0.422. The summed E-state index contributed by atoms with van der Waals surface area (Å²) in [4.78, 5) is 14.7. The van der Waals surface area contributed by atoms with Crippen LogP contribution in [0, 0.1) is 0 Å². The Morgan fingerprint density at radius 1 is 1.69 bits per heavy atom. The molecule has 0 bridgehead atoms. The summed E-state index contributed by atoms with van der Waals surface area (Å²) >= 11 is 1.69. The van der Waals surface area contributed by atoms with Crippen LogP contribution in [0.4, 0.5) is 0 Å². The first-order valence-corrected chi connectivity index (χ1v) is 4.39. The molecule has 0 aliphatic carbocycles. The van der Waals surface area contributed by atoms with Gasteiger partial charge in [-0.15, -0.1) is 0 Å². The number of carbonyl (C=O) groups excluding carboxylic acids is 1. The van der Waals surface area contributed by atoms with E-state index in [1.807, 2.05) is 0 Å². The third-order valence-electron chi connectivity index (χ3n) is 1.10. The Balaban J connectivity index is 2.62. The average Bonchev–Trinajstić information content (AvgIpc) is 2.54. The number of nitrogens with zero attached hydrogens (tertiary/aromatic N) is 2. The molecule has 0 atom stereocenters. The molecule has 0 saturated carbocycles. The van der Waals surface area contributed by atoms with E-state index < -0.39 is 5.97 Å². The molecule has 0 N–H and O–H groups in total. The van der Waals surface area contributed by atoms with Gasteiger partial charge in [0.05, 0.1) is 6.61 Å². The highest BCUT2D eigenvalue weighted by Gasteiger charge is 2.14. The van der Waals surface area contributed by atoms with Crippen molar-refractivity contribution in [2.75, 3.05) is 6.61 Å². The lowest BCUT2D eigenvalue weighted by atomic mass is 10.6. The zero-order chi connectivity index (χ0) is 9.68. The number of carbonyl (C=O) groups is 1. The van der Waals surface area contributed by atoms with Crippen molar-refractivity contribution in [2.45, 2.75) is 13.5 Å². The second-order valence-electron chi connectivity index (χ2n) is 1.99. The minimum absolute atomic E-state index is 0.0784. The summed E-state index contributed by atoms with van der Waals surface area (Å²) < 4.78 is 14.0. The van der Waals surface area contributed by atoms with Gasteiger partial charge >= 0.3 is 5.97 Å². The quantitative estimate of drug-likeness (QED) is 0.612. The predicted molar refractivity (Wildman–Crippen MR) is 49.1 cm³/mol. The zero-order valence-electron chi connectivity index (χ0n) is 6.82. The van der Waals surface area contributed by atoms with Gasteiger partial charge in [0.15, 0.2) is 0 Å². The molecule has 1 heterocycles. The molecule has 0 aliphatic rings. The Morgan fingerprint density at radius 3 is 3.08 bits per heavy atom. The van der Waals surface area contributed by atoms with Gasteiger partial charge in [0, 0.05) is 0 Å². The summed E-state index contributed by atoms with van der Waals surface area (Å²) in [5, 5.41) is 3.41. The third-order valence-corrected chi connectivity index (χ3v) is 1.42. The van der Waals surface area contributed by atoms with Crippen LogP contribution in [0.2, 0.25) is 0 Å². The number of aromatic nitrogens is 2. The number of halogens is 1. The van der Waals surface area contributed by atoms with Crippen LogP contribution in [-0.2, 0) is 14.4 Å². The lowest BCUT2D eigenvalue weighted by Crippen LogP contribution is -2.06. The van der Waals surface area contributed by atoms with Crippen LogP contribution in [-0.4, -0.2) is 22.7 Å². The van der Waals surface area contributed by atoms with Crippen molar-refractivity contribution in [3.05, 3.63) is 11.7 Å². The maximum absolute atomic E-state index is 11.0. The van der Waals surface area contributed by atoms with E-state index >= 15 is 0 Å². The Morgan fingerprint density at radius 2 is 2.46 bits per heavy atom. The molecule has 0 fully saturated rings. The molecule has 0 saturated heterocycles. The lowest BCUT2D eigenvalue weighted by molar-refractivity contribution is 0.0508. The van der Waals surface area contributed by atoms with Gasteiger partial charge in [-0.25, -0.2) is 4.79 Å². The molecule has 1 rings (SSSR count). The van der Waals surface area contributed by atoms with Crippen molar-refractivity contribution in [3.63, 3.8) is 0 Å². The van der Waals surface area contributed by atoms with Gasteiger partial charge in [0.1, 0.15) is 29.6 Å². The van der Waals surface area contributed by atoms with Crippen LogP contribution in [0.25, 0.3) is 0 Å². The number of esters is 1. The van der Waals surface area contributed by atoms with E-state index in [-0.39, 0.29) is 24.9 Å². The first-order chi connectivity index (χ1) is 6.27. The van der Waals surface area contributed by atoms with Gasteiger partial charge in [0.2, 0.25) is 0 Å². The second kappa shape index (κ2) is 5.12. The highest BCUT2D eigenvalue weighted by atomic mass is 127. The van der Waals surface area contributed by atoms with Crippen LogP contribution >= 0.6 is 23.0 Å². The number of rotatable bonds is 4. The highest BCUT2D eigenvalue weighted by Crippen LogP contribution is 2.02. The standard InChI is InChI=1S/C6H7IN2O4/c1-2-11-6(10)5-8-4(3-12-7)13-9-5/h2-3H2,1H3. The van der Waals surface area contributed by atoms with Crippen LogP contribution < -0.4 is 0 Å². The minimum atomic E-state index is -0.592. The number of hydrogen-bond acceptors (Lipinski definition) is 6. The zero-order valence-corrected chi connectivity index (χ0v) is 8.98. The predicted octanol–water partition coefficient (Wildman–Crippen LogP) is 1.11. The molecule has 0 aromatic carbocycles. The molecule has 0 aliphatic heterocycles. The first-order valence-electron chi connectivity index (χ1n) is 3.51. The van der Waals surface area contributed by atoms with Crippen LogP contribution in [0.15, 0.2) is 4.52 Å². The maximum atomic E-state index is 11.0. The van der Waals surface area contributed by atoms with Crippen molar-refractivity contribution < 1.29 is 17.1 Å². The smallest absolute Gasteiger partial charge is 0.379 e. The largest absolute Gasteiger partial charge is 0.460 e. The fourth-order valence-corrected chi connectivity index (χ4v) is 0.905. The van der Waals surface area contributed by atoms with Crippen LogP contribution in [0.1, 0.15) is 23.4 Å². The number of hydrogen-bond donors (Lipinski definition) is 0. The fraction of sp³-hybridized carbons (Fsp3) is 0.500. The molecule has 7 heteroatoms. The second-order valence-corrected chi connectivity index (χ2v) is 2.61. The van der Waals surface area contributed by atoms with Gasteiger partial charge in [-0.3, -0.25) is 0 Å². The van der Waals surface area contributed by atoms with Crippen LogP contribution in [0.5, 0.6) is 0 Å². The summed E-state index contributed by atoms with van der Waals surface area (Å²) in [5.41, 5.74) is 0. The summed E-state index contributed by atoms with van der Waals surface area (Å²) in [6.07, 6.45) is 0. The Labute approximate surface area is 88.3 Å². The van der Waals surface area contributed by atoms with E-state index in [1.54, 1.807) is 29.9 Å². The first kappa shape index (κ1) is 10.4. The van der Waals surface area contributed by atoms with E-state index in [4.69, 9.17) is 3.07 Å². The van der Waals surface area contributed by atoms with Crippen molar-refractivity contribution in [1.29, 1.82) is 0 Å². The molecule has 1 aromatic heterocycles. The van der Waals surface area contributed by atoms with E-state index in [1.165, 1.54) is 0 Å². The summed E-state index contributed by atoms with van der Waals surface area (Å²) in [7, 11) is 0.